The third-order valence-corrected chi connectivity index (χ3v) is 10.3. The Bertz CT molecular complexity index is 1890. The number of allylic oxidation sites excluding steroid dienone is 2. The summed E-state index contributed by atoms with van der Waals surface area (Å²) in [5.41, 5.74) is 0.249. The van der Waals surface area contributed by atoms with Gasteiger partial charge in [-0.3, -0.25) is 19.2 Å². The number of rotatable bonds is 5. The van der Waals surface area contributed by atoms with E-state index in [1.165, 1.54) is 24.1 Å². The van der Waals surface area contributed by atoms with E-state index in [0.717, 1.165) is 22.6 Å². The molecular formula is C35H30N2O9. The number of methoxy groups -OCH3 is 1. The quantitative estimate of drug-likeness (QED) is 0.279. The SMILES string of the molecule is COc1cc([C@H]2C3=CC[C@@H]4C(=O)N(c5ccc(C(=O)O)c(O)c5)C(=O)[C@@H]4[C@@H]3C[C@H]3C(=O)N(c4ccccc4)C(=O)[C@@]23C)ccc1O. The molecule has 0 bridgehead atoms. The molecule has 46 heavy (non-hydrogen) atoms. The lowest BCUT2D eigenvalue weighted by Crippen LogP contribution is -2.48. The minimum atomic E-state index is -1.35. The van der Waals surface area contributed by atoms with Gasteiger partial charge in [-0.2, -0.15) is 0 Å². The molecule has 4 aliphatic rings. The van der Waals surface area contributed by atoms with Gasteiger partial charge in [0.25, 0.3) is 0 Å². The van der Waals surface area contributed by atoms with Crippen molar-refractivity contribution in [1.29, 1.82) is 0 Å². The summed E-state index contributed by atoms with van der Waals surface area (Å²) in [6.45, 7) is 1.77. The number of nitrogens with zero attached hydrogens (tertiary/aromatic N) is 2. The van der Waals surface area contributed by atoms with E-state index in [2.05, 4.69) is 0 Å². The first-order valence-electron chi connectivity index (χ1n) is 14.9. The van der Waals surface area contributed by atoms with E-state index in [-0.39, 0.29) is 41.5 Å². The number of benzene rings is 3. The molecular weight excluding hydrogens is 592 g/mol. The van der Waals surface area contributed by atoms with Gasteiger partial charge in [0, 0.05) is 12.0 Å². The number of para-hydroxylation sites is 1. The highest BCUT2D eigenvalue weighted by atomic mass is 16.5. The first-order valence-corrected chi connectivity index (χ1v) is 14.9. The van der Waals surface area contributed by atoms with Gasteiger partial charge < -0.3 is 20.1 Å². The summed E-state index contributed by atoms with van der Waals surface area (Å²) < 4.78 is 5.40. The molecule has 3 aromatic carbocycles. The summed E-state index contributed by atoms with van der Waals surface area (Å²) in [6, 6.07) is 17.0. The standard InChI is InChI=1S/C35H30N2O9/c1-35-24(31(41)37(34(35)45)18-6-4-3-5-7-18)16-23-20(29(35)17-8-13-25(38)27(14-17)46-2)11-12-22-28(23)32(42)36(30(22)40)19-9-10-21(33(43)44)26(39)15-19/h3-11,13-15,22-24,28-29,38-39H,12,16H2,1-2H3,(H,43,44)/t22-,23+,24-,28-,29-,35+/m0/s1. The number of carboxylic acids is 1. The van der Waals surface area contributed by atoms with E-state index >= 15 is 0 Å². The average molecular weight is 623 g/mol. The second-order valence-electron chi connectivity index (χ2n) is 12.4. The molecule has 11 heteroatoms. The van der Waals surface area contributed by atoms with Crippen molar-refractivity contribution in [3.05, 3.63) is 89.5 Å². The van der Waals surface area contributed by atoms with E-state index in [0.29, 0.717) is 11.3 Å². The molecule has 6 atom stereocenters. The molecule has 2 saturated heterocycles. The Hall–Kier alpha value is -5.45. The van der Waals surface area contributed by atoms with Crippen LogP contribution in [0.3, 0.4) is 0 Å². The van der Waals surface area contributed by atoms with Gasteiger partial charge in [0.15, 0.2) is 11.5 Å². The van der Waals surface area contributed by atoms with Gasteiger partial charge >= 0.3 is 5.97 Å². The molecule has 2 heterocycles. The van der Waals surface area contributed by atoms with Crippen LogP contribution in [0, 0.1) is 29.1 Å². The number of carbonyl (C=O) groups is 5. The zero-order valence-corrected chi connectivity index (χ0v) is 24.9. The molecule has 7 rings (SSSR count). The van der Waals surface area contributed by atoms with Crippen molar-refractivity contribution in [2.75, 3.05) is 16.9 Å². The van der Waals surface area contributed by atoms with E-state index in [1.807, 2.05) is 6.08 Å². The number of hydrogen-bond donors (Lipinski definition) is 3. The molecule has 234 valence electrons. The smallest absolute Gasteiger partial charge is 0.339 e. The number of fused-ring (bicyclic) bond motifs is 4. The Labute approximate surface area is 263 Å². The number of carbonyl (C=O) groups excluding carboxylic acids is 4. The maximum Gasteiger partial charge on any atom is 0.339 e. The highest BCUT2D eigenvalue weighted by molar-refractivity contribution is 6.25. The molecule has 2 aliphatic heterocycles. The topological polar surface area (TPSA) is 162 Å². The van der Waals surface area contributed by atoms with Crippen LogP contribution in [0.1, 0.15) is 41.6 Å². The fourth-order valence-corrected chi connectivity index (χ4v) is 8.19. The normalized spacial score (nSPS) is 28.5. The minimum absolute atomic E-state index is 0.0521. The molecule has 2 aliphatic carbocycles. The summed E-state index contributed by atoms with van der Waals surface area (Å²) in [7, 11) is 1.41. The number of imide groups is 2. The van der Waals surface area contributed by atoms with Crippen LogP contribution in [-0.2, 0) is 19.2 Å². The van der Waals surface area contributed by atoms with Crippen molar-refractivity contribution >= 4 is 41.0 Å². The Morgan fingerprint density at radius 3 is 2.26 bits per heavy atom. The number of amides is 4. The summed E-state index contributed by atoms with van der Waals surface area (Å²) in [6.07, 6.45) is 2.26. The number of phenolic OH excluding ortho intramolecular Hbond substituents is 1. The molecule has 0 spiro atoms. The van der Waals surface area contributed by atoms with Crippen molar-refractivity contribution in [2.24, 2.45) is 29.1 Å². The van der Waals surface area contributed by atoms with Gasteiger partial charge in [-0.05, 0) is 67.6 Å². The van der Waals surface area contributed by atoms with Crippen molar-refractivity contribution < 1.29 is 44.0 Å². The summed E-state index contributed by atoms with van der Waals surface area (Å²) in [5.74, 6) is -7.31. The first-order chi connectivity index (χ1) is 22.0. The predicted molar refractivity (Wildman–Crippen MR) is 163 cm³/mol. The molecule has 4 amide bonds. The molecule has 3 fully saturated rings. The Balaban J connectivity index is 1.35. The van der Waals surface area contributed by atoms with Crippen LogP contribution in [0.5, 0.6) is 17.2 Å². The van der Waals surface area contributed by atoms with Crippen molar-refractivity contribution in [2.45, 2.75) is 25.7 Å². The largest absolute Gasteiger partial charge is 0.507 e. The van der Waals surface area contributed by atoms with Crippen LogP contribution in [0.4, 0.5) is 11.4 Å². The highest BCUT2D eigenvalue weighted by Crippen LogP contribution is 2.64. The first kappa shape index (κ1) is 29.3. The minimum Gasteiger partial charge on any atom is -0.507 e. The number of hydrogen-bond acceptors (Lipinski definition) is 8. The van der Waals surface area contributed by atoms with Crippen LogP contribution >= 0.6 is 0 Å². The zero-order chi connectivity index (χ0) is 32.7. The van der Waals surface area contributed by atoms with E-state index in [9.17, 15) is 39.3 Å². The molecule has 0 unspecified atom stereocenters. The van der Waals surface area contributed by atoms with Crippen LogP contribution in [0.15, 0.2) is 78.4 Å². The molecule has 0 aromatic heterocycles. The van der Waals surface area contributed by atoms with Gasteiger partial charge in [-0.25, -0.2) is 14.6 Å². The Morgan fingerprint density at radius 2 is 1.59 bits per heavy atom. The third-order valence-electron chi connectivity index (χ3n) is 10.3. The molecule has 11 nitrogen and oxygen atoms in total. The number of aromatic hydroxyl groups is 2. The number of aromatic carboxylic acids is 1. The fraction of sp³-hybridized carbons (Fsp3) is 0.286. The second-order valence-corrected chi connectivity index (χ2v) is 12.4. The Morgan fingerprint density at radius 1 is 0.848 bits per heavy atom. The molecule has 3 N–H and O–H groups in total. The van der Waals surface area contributed by atoms with Gasteiger partial charge in [-0.15, -0.1) is 0 Å². The van der Waals surface area contributed by atoms with Crippen LogP contribution in [0.2, 0.25) is 0 Å². The lowest BCUT2D eigenvalue weighted by atomic mass is 9.51. The summed E-state index contributed by atoms with van der Waals surface area (Å²) >= 11 is 0. The van der Waals surface area contributed by atoms with Crippen LogP contribution < -0.4 is 14.5 Å². The van der Waals surface area contributed by atoms with Crippen molar-refractivity contribution in [1.82, 2.24) is 0 Å². The average Bonchev–Trinajstić information content (AvgIpc) is 3.41. The van der Waals surface area contributed by atoms with E-state index in [1.54, 1.807) is 49.4 Å². The van der Waals surface area contributed by atoms with Crippen LogP contribution in [0.25, 0.3) is 0 Å². The number of anilines is 2. The van der Waals surface area contributed by atoms with Crippen molar-refractivity contribution in [3.8, 4) is 17.2 Å². The van der Waals surface area contributed by atoms with Crippen molar-refractivity contribution in [3.63, 3.8) is 0 Å². The van der Waals surface area contributed by atoms with Gasteiger partial charge in [-0.1, -0.05) is 35.9 Å². The van der Waals surface area contributed by atoms with Crippen LogP contribution in [-0.4, -0.2) is 52.0 Å². The van der Waals surface area contributed by atoms with E-state index < -0.39 is 64.4 Å². The fourth-order valence-electron chi connectivity index (χ4n) is 8.19. The number of ether oxygens (including phenoxy) is 1. The van der Waals surface area contributed by atoms with E-state index in [4.69, 9.17) is 4.74 Å². The molecule has 1 saturated carbocycles. The molecule has 0 radical (unpaired) electrons. The molecule has 3 aromatic rings. The second kappa shape index (κ2) is 10.3. The highest BCUT2D eigenvalue weighted by Gasteiger charge is 2.67. The number of phenols is 2. The Kier molecular flexibility index (Phi) is 6.55. The van der Waals surface area contributed by atoms with Gasteiger partial charge in [0.2, 0.25) is 23.6 Å². The maximum absolute atomic E-state index is 14.4. The zero-order valence-electron chi connectivity index (χ0n) is 24.9. The third kappa shape index (κ3) is 3.93. The summed E-state index contributed by atoms with van der Waals surface area (Å²) in [4.78, 5) is 70.3. The predicted octanol–water partition coefficient (Wildman–Crippen LogP) is 4.24. The summed E-state index contributed by atoms with van der Waals surface area (Å²) in [5, 5.41) is 30.0. The van der Waals surface area contributed by atoms with Gasteiger partial charge in [0.1, 0.15) is 11.3 Å². The van der Waals surface area contributed by atoms with Gasteiger partial charge in [0.05, 0.1) is 41.7 Å². The lowest BCUT2D eigenvalue weighted by molar-refractivity contribution is -0.131. The monoisotopic (exact) mass is 622 g/mol. The maximum atomic E-state index is 14.4. The number of carboxylic acid groups (broad SMARTS) is 1. The lowest BCUT2D eigenvalue weighted by Gasteiger charge is -2.49.